The lowest BCUT2D eigenvalue weighted by atomic mass is 10.1. The topological polar surface area (TPSA) is 21.3 Å². The largest absolute Gasteiger partial charge is 0.490 e. The number of fused-ring (bicyclic) bond motifs is 1. The van der Waals surface area contributed by atoms with E-state index in [0.29, 0.717) is 12.1 Å². The highest BCUT2D eigenvalue weighted by Crippen LogP contribution is 2.26. The summed E-state index contributed by atoms with van der Waals surface area (Å²) >= 11 is 0. The van der Waals surface area contributed by atoms with Crippen LogP contribution in [-0.4, -0.2) is 19.2 Å². The van der Waals surface area contributed by atoms with Crippen LogP contribution >= 0.6 is 0 Å². The predicted molar refractivity (Wildman–Crippen MR) is 75.1 cm³/mol. The Balaban J connectivity index is 1.75. The summed E-state index contributed by atoms with van der Waals surface area (Å²) in [6.45, 7) is 0. The van der Waals surface area contributed by atoms with Crippen molar-refractivity contribution in [3.8, 4) is 5.75 Å². The van der Waals surface area contributed by atoms with E-state index in [-0.39, 0.29) is 0 Å². The highest BCUT2D eigenvalue weighted by molar-refractivity contribution is 5.83. The Hall–Kier alpha value is -1.54. The molecule has 1 aliphatic rings. The van der Waals surface area contributed by atoms with Crippen LogP contribution in [0, 0.1) is 0 Å². The van der Waals surface area contributed by atoms with Gasteiger partial charge >= 0.3 is 0 Å². The maximum absolute atomic E-state index is 6.08. The predicted octanol–water partition coefficient (Wildman–Crippen LogP) is 3.36. The van der Waals surface area contributed by atoms with E-state index in [1.54, 1.807) is 0 Å². The third kappa shape index (κ3) is 2.34. The molecule has 1 saturated carbocycles. The van der Waals surface area contributed by atoms with Crippen molar-refractivity contribution in [2.45, 2.75) is 31.4 Å². The van der Waals surface area contributed by atoms with Crippen molar-refractivity contribution in [1.82, 2.24) is 5.32 Å². The first-order valence-electron chi connectivity index (χ1n) is 6.68. The molecular formula is C16H19NO. The van der Waals surface area contributed by atoms with E-state index in [2.05, 4.69) is 47.8 Å². The van der Waals surface area contributed by atoms with Crippen LogP contribution in [0.3, 0.4) is 0 Å². The van der Waals surface area contributed by atoms with Crippen molar-refractivity contribution < 1.29 is 4.74 Å². The second kappa shape index (κ2) is 4.99. The molecule has 3 rings (SSSR count). The zero-order valence-corrected chi connectivity index (χ0v) is 10.7. The maximum Gasteiger partial charge on any atom is 0.120 e. The van der Waals surface area contributed by atoms with Gasteiger partial charge in [-0.2, -0.15) is 0 Å². The molecule has 18 heavy (non-hydrogen) atoms. The van der Waals surface area contributed by atoms with E-state index >= 15 is 0 Å². The molecule has 0 aromatic heterocycles. The van der Waals surface area contributed by atoms with Crippen LogP contribution in [0.1, 0.15) is 19.3 Å². The minimum absolute atomic E-state index is 0.364. The van der Waals surface area contributed by atoms with Crippen molar-refractivity contribution in [2.24, 2.45) is 0 Å². The van der Waals surface area contributed by atoms with Crippen molar-refractivity contribution in [3.63, 3.8) is 0 Å². The minimum atomic E-state index is 0.364. The Morgan fingerprint density at radius 3 is 2.67 bits per heavy atom. The lowest BCUT2D eigenvalue weighted by Crippen LogP contribution is -2.23. The Kier molecular flexibility index (Phi) is 3.20. The summed E-state index contributed by atoms with van der Waals surface area (Å²) in [7, 11) is 2.03. The number of rotatable bonds is 3. The molecule has 0 aliphatic heterocycles. The van der Waals surface area contributed by atoms with Crippen LogP contribution in [0.2, 0.25) is 0 Å². The molecule has 94 valence electrons. The van der Waals surface area contributed by atoms with E-state index in [0.717, 1.165) is 18.6 Å². The molecule has 1 aliphatic carbocycles. The third-order valence-electron chi connectivity index (χ3n) is 3.82. The van der Waals surface area contributed by atoms with E-state index in [1.165, 1.54) is 17.2 Å². The van der Waals surface area contributed by atoms with Gasteiger partial charge in [-0.05, 0) is 49.2 Å². The fraction of sp³-hybridized carbons (Fsp3) is 0.375. The Morgan fingerprint density at radius 1 is 1.06 bits per heavy atom. The van der Waals surface area contributed by atoms with Gasteiger partial charge in [-0.15, -0.1) is 0 Å². The summed E-state index contributed by atoms with van der Waals surface area (Å²) in [5.41, 5.74) is 0. The summed E-state index contributed by atoms with van der Waals surface area (Å²) in [5.74, 6) is 0.996. The molecule has 0 saturated heterocycles. The van der Waals surface area contributed by atoms with Crippen LogP contribution in [0.15, 0.2) is 42.5 Å². The minimum Gasteiger partial charge on any atom is -0.490 e. The normalized spacial score (nSPS) is 23.4. The molecule has 2 unspecified atom stereocenters. The van der Waals surface area contributed by atoms with Gasteiger partial charge in [0.25, 0.3) is 0 Å². The number of nitrogens with one attached hydrogen (secondary N) is 1. The first-order valence-corrected chi connectivity index (χ1v) is 6.68. The zero-order chi connectivity index (χ0) is 12.4. The molecule has 2 atom stereocenters. The summed E-state index contributed by atoms with van der Waals surface area (Å²) in [6, 6.07) is 15.4. The van der Waals surface area contributed by atoms with Gasteiger partial charge in [-0.1, -0.05) is 30.3 Å². The molecule has 2 aromatic carbocycles. The van der Waals surface area contributed by atoms with E-state index < -0.39 is 0 Å². The van der Waals surface area contributed by atoms with Crippen LogP contribution < -0.4 is 10.1 Å². The highest BCUT2D eigenvalue weighted by atomic mass is 16.5. The molecule has 1 N–H and O–H groups in total. The Labute approximate surface area is 108 Å². The van der Waals surface area contributed by atoms with Gasteiger partial charge < -0.3 is 10.1 Å². The highest BCUT2D eigenvalue weighted by Gasteiger charge is 2.24. The number of ether oxygens (including phenoxy) is 1. The van der Waals surface area contributed by atoms with Gasteiger partial charge in [-0.3, -0.25) is 0 Å². The summed E-state index contributed by atoms with van der Waals surface area (Å²) in [5, 5.41) is 5.85. The smallest absolute Gasteiger partial charge is 0.120 e. The second-order valence-electron chi connectivity index (χ2n) is 5.05. The molecule has 1 fully saturated rings. The van der Waals surface area contributed by atoms with Gasteiger partial charge in [0, 0.05) is 6.04 Å². The first-order chi connectivity index (χ1) is 8.85. The molecule has 2 nitrogen and oxygen atoms in total. The van der Waals surface area contributed by atoms with Crippen molar-refractivity contribution >= 4 is 10.8 Å². The molecule has 0 bridgehead atoms. The maximum atomic E-state index is 6.08. The average molecular weight is 241 g/mol. The standard InChI is InChI=1S/C16H19NO/c1-17-14-7-9-16(11-14)18-15-8-6-12-4-2-3-5-13(12)10-15/h2-6,8,10,14,16-17H,7,9,11H2,1H3. The molecule has 2 aromatic rings. The van der Waals surface area contributed by atoms with Crippen molar-refractivity contribution in [3.05, 3.63) is 42.5 Å². The quantitative estimate of drug-likeness (QED) is 0.889. The first kappa shape index (κ1) is 11.5. The van der Waals surface area contributed by atoms with Gasteiger partial charge in [0.1, 0.15) is 11.9 Å². The Bertz CT molecular complexity index is 537. The summed E-state index contributed by atoms with van der Waals surface area (Å²) in [4.78, 5) is 0. The van der Waals surface area contributed by atoms with Crippen LogP contribution in [-0.2, 0) is 0 Å². The van der Waals surface area contributed by atoms with E-state index in [4.69, 9.17) is 4.74 Å². The van der Waals surface area contributed by atoms with Crippen molar-refractivity contribution in [2.75, 3.05) is 7.05 Å². The van der Waals surface area contributed by atoms with E-state index in [9.17, 15) is 0 Å². The zero-order valence-electron chi connectivity index (χ0n) is 10.7. The average Bonchev–Trinajstić information content (AvgIpc) is 2.86. The fourth-order valence-electron chi connectivity index (χ4n) is 2.74. The van der Waals surface area contributed by atoms with Crippen LogP contribution in [0.25, 0.3) is 10.8 Å². The Morgan fingerprint density at radius 2 is 1.89 bits per heavy atom. The summed E-state index contributed by atoms with van der Waals surface area (Å²) < 4.78 is 6.08. The molecule has 0 amide bonds. The lowest BCUT2D eigenvalue weighted by Gasteiger charge is -2.14. The fourth-order valence-corrected chi connectivity index (χ4v) is 2.74. The second-order valence-corrected chi connectivity index (χ2v) is 5.05. The molecule has 0 spiro atoms. The number of benzene rings is 2. The SMILES string of the molecule is CNC1CCC(Oc2ccc3ccccc3c2)C1. The monoisotopic (exact) mass is 241 g/mol. The van der Waals surface area contributed by atoms with Gasteiger partial charge in [0.05, 0.1) is 0 Å². The lowest BCUT2D eigenvalue weighted by molar-refractivity contribution is 0.207. The summed E-state index contributed by atoms with van der Waals surface area (Å²) in [6.07, 6.45) is 3.85. The van der Waals surface area contributed by atoms with Gasteiger partial charge in [-0.25, -0.2) is 0 Å². The molecular weight excluding hydrogens is 222 g/mol. The third-order valence-corrected chi connectivity index (χ3v) is 3.82. The number of hydrogen-bond acceptors (Lipinski definition) is 2. The van der Waals surface area contributed by atoms with Gasteiger partial charge in [0.2, 0.25) is 0 Å². The molecule has 0 radical (unpaired) electrons. The number of hydrogen-bond donors (Lipinski definition) is 1. The molecule has 2 heteroatoms. The van der Waals surface area contributed by atoms with E-state index in [1.807, 2.05) is 7.05 Å². The van der Waals surface area contributed by atoms with Crippen LogP contribution in [0.5, 0.6) is 5.75 Å². The molecule has 0 heterocycles. The van der Waals surface area contributed by atoms with Crippen LogP contribution in [0.4, 0.5) is 0 Å². The van der Waals surface area contributed by atoms with Crippen molar-refractivity contribution in [1.29, 1.82) is 0 Å². The van der Waals surface area contributed by atoms with Gasteiger partial charge in [0.15, 0.2) is 0 Å².